The highest BCUT2D eigenvalue weighted by Gasteiger charge is 2.06. The van der Waals surface area contributed by atoms with E-state index in [-0.39, 0.29) is 6.10 Å². The van der Waals surface area contributed by atoms with Crippen molar-refractivity contribution in [3.05, 3.63) is 35.4 Å². The highest BCUT2D eigenvalue weighted by Crippen LogP contribution is 2.19. The third kappa shape index (κ3) is 4.36. The van der Waals surface area contributed by atoms with Gasteiger partial charge in [0.25, 0.3) is 0 Å². The second-order valence-electron chi connectivity index (χ2n) is 4.54. The van der Waals surface area contributed by atoms with Crippen LogP contribution in [0.1, 0.15) is 63.2 Å². The molecule has 0 spiro atoms. The summed E-state index contributed by atoms with van der Waals surface area (Å²) in [5, 5.41) is 9.65. The van der Waals surface area contributed by atoms with Crippen LogP contribution in [0.25, 0.3) is 0 Å². The first kappa shape index (κ1) is 13.2. The maximum Gasteiger partial charge on any atom is 0.0764 e. The molecule has 0 aliphatic rings. The van der Waals surface area contributed by atoms with Crippen LogP contribution >= 0.6 is 0 Å². The topological polar surface area (TPSA) is 20.2 Å². The summed E-state index contributed by atoms with van der Waals surface area (Å²) in [6.07, 6.45) is 7.29. The lowest BCUT2D eigenvalue weighted by atomic mass is 9.98. The maximum absolute atomic E-state index is 9.65. The Hall–Kier alpha value is -0.820. The Bertz CT molecular complexity index is 291. The zero-order valence-electron chi connectivity index (χ0n) is 10.6. The van der Waals surface area contributed by atoms with Crippen molar-refractivity contribution in [1.82, 2.24) is 0 Å². The van der Waals surface area contributed by atoms with E-state index < -0.39 is 0 Å². The molecule has 0 bridgehead atoms. The van der Waals surface area contributed by atoms with Crippen molar-refractivity contribution >= 4 is 0 Å². The van der Waals surface area contributed by atoms with Gasteiger partial charge in [-0.05, 0) is 30.9 Å². The molecule has 0 saturated heterocycles. The molecular formula is C15H24O. The van der Waals surface area contributed by atoms with Gasteiger partial charge < -0.3 is 5.11 Å². The van der Waals surface area contributed by atoms with Gasteiger partial charge in [0.2, 0.25) is 0 Å². The standard InChI is InChI=1S/C15H24O/c1-3-4-5-6-7-10-14-11-8-9-12-15(14)13(2)16/h8-9,11-13,16H,3-7,10H2,1-2H3. The van der Waals surface area contributed by atoms with Crippen molar-refractivity contribution in [3.8, 4) is 0 Å². The van der Waals surface area contributed by atoms with Crippen LogP contribution in [0.2, 0.25) is 0 Å². The van der Waals surface area contributed by atoms with Gasteiger partial charge in [0.15, 0.2) is 0 Å². The van der Waals surface area contributed by atoms with Crippen molar-refractivity contribution in [2.45, 2.75) is 58.5 Å². The molecule has 1 heteroatoms. The smallest absolute Gasteiger partial charge is 0.0764 e. The lowest BCUT2D eigenvalue weighted by molar-refractivity contribution is 0.198. The average Bonchev–Trinajstić information content (AvgIpc) is 2.29. The molecule has 0 aromatic heterocycles. The van der Waals surface area contributed by atoms with Crippen molar-refractivity contribution in [1.29, 1.82) is 0 Å². The Balaban J connectivity index is 2.41. The van der Waals surface area contributed by atoms with Crippen LogP contribution in [-0.2, 0) is 6.42 Å². The first-order valence-corrected chi connectivity index (χ1v) is 6.51. The van der Waals surface area contributed by atoms with Gasteiger partial charge in [-0.3, -0.25) is 0 Å². The summed E-state index contributed by atoms with van der Waals surface area (Å²) in [5.41, 5.74) is 2.41. The van der Waals surface area contributed by atoms with Gasteiger partial charge in [-0.1, -0.05) is 56.9 Å². The van der Waals surface area contributed by atoms with E-state index in [2.05, 4.69) is 19.1 Å². The first-order valence-electron chi connectivity index (χ1n) is 6.51. The van der Waals surface area contributed by atoms with E-state index in [1.54, 1.807) is 0 Å². The van der Waals surface area contributed by atoms with Gasteiger partial charge in [-0.15, -0.1) is 0 Å². The SMILES string of the molecule is CCCCCCCc1ccccc1C(C)O. The van der Waals surface area contributed by atoms with E-state index in [0.29, 0.717) is 0 Å². The molecule has 0 aliphatic carbocycles. The summed E-state index contributed by atoms with van der Waals surface area (Å²) in [6, 6.07) is 8.24. The Morgan fingerprint density at radius 3 is 2.44 bits per heavy atom. The Morgan fingerprint density at radius 1 is 1.06 bits per heavy atom. The zero-order valence-corrected chi connectivity index (χ0v) is 10.6. The largest absolute Gasteiger partial charge is 0.389 e. The van der Waals surface area contributed by atoms with Crippen LogP contribution in [0.5, 0.6) is 0 Å². The molecule has 0 saturated carbocycles. The lowest BCUT2D eigenvalue weighted by Gasteiger charge is -2.11. The van der Waals surface area contributed by atoms with E-state index in [4.69, 9.17) is 0 Å². The second kappa shape index (κ2) is 7.45. The molecule has 1 atom stereocenters. The highest BCUT2D eigenvalue weighted by molar-refractivity contribution is 5.28. The van der Waals surface area contributed by atoms with E-state index in [1.807, 2.05) is 19.1 Å². The molecule has 1 N–H and O–H groups in total. The summed E-state index contributed by atoms with van der Waals surface area (Å²) in [4.78, 5) is 0. The van der Waals surface area contributed by atoms with Crippen LogP contribution < -0.4 is 0 Å². The third-order valence-electron chi connectivity index (χ3n) is 3.05. The van der Waals surface area contributed by atoms with Crippen molar-refractivity contribution in [2.75, 3.05) is 0 Å². The molecular weight excluding hydrogens is 196 g/mol. The van der Waals surface area contributed by atoms with Gasteiger partial charge >= 0.3 is 0 Å². The molecule has 1 unspecified atom stereocenters. The van der Waals surface area contributed by atoms with Crippen LogP contribution in [0, 0.1) is 0 Å². The summed E-state index contributed by atoms with van der Waals surface area (Å²) in [5.74, 6) is 0. The molecule has 0 aliphatic heterocycles. The fraction of sp³-hybridized carbons (Fsp3) is 0.600. The van der Waals surface area contributed by atoms with E-state index in [0.717, 1.165) is 12.0 Å². The molecule has 1 aromatic rings. The predicted octanol–water partition coefficient (Wildman–Crippen LogP) is 4.25. The van der Waals surface area contributed by atoms with Crippen LogP contribution in [0.15, 0.2) is 24.3 Å². The Labute approximate surface area is 99.5 Å². The van der Waals surface area contributed by atoms with Crippen molar-refractivity contribution < 1.29 is 5.11 Å². The maximum atomic E-state index is 9.65. The third-order valence-corrected chi connectivity index (χ3v) is 3.05. The van der Waals surface area contributed by atoms with Gasteiger partial charge in [0, 0.05) is 0 Å². The Morgan fingerprint density at radius 2 is 1.75 bits per heavy atom. The van der Waals surface area contributed by atoms with Gasteiger partial charge in [0.05, 0.1) is 6.10 Å². The minimum absolute atomic E-state index is 0.341. The predicted molar refractivity (Wildman–Crippen MR) is 69.5 cm³/mol. The van der Waals surface area contributed by atoms with Crippen LogP contribution in [0.4, 0.5) is 0 Å². The second-order valence-corrected chi connectivity index (χ2v) is 4.54. The molecule has 1 rings (SSSR count). The monoisotopic (exact) mass is 220 g/mol. The summed E-state index contributed by atoms with van der Waals surface area (Å²) < 4.78 is 0. The number of aryl methyl sites for hydroxylation is 1. The first-order chi connectivity index (χ1) is 7.75. The van der Waals surface area contributed by atoms with Crippen LogP contribution in [-0.4, -0.2) is 5.11 Å². The number of aliphatic hydroxyl groups excluding tert-OH is 1. The van der Waals surface area contributed by atoms with E-state index >= 15 is 0 Å². The number of unbranched alkanes of at least 4 members (excludes halogenated alkanes) is 4. The fourth-order valence-electron chi connectivity index (χ4n) is 2.09. The molecule has 0 amide bonds. The lowest BCUT2D eigenvalue weighted by Crippen LogP contribution is -1.98. The highest BCUT2D eigenvalue weighted by atomic mass is 16.3. The van der Waals surface area contributed by atoms with Gasteiger partial charge in [-0.2, -0.15) is 0 Å². The molecule has 16 heavy (non-hydrogen) atoms. The molecule has 0 fully saturated rings. The quantitative estimate of drug-likeness (QED) is 0.681. The number of aliphatic hydroxyl groups is 1. The van der Waals surface area contributed by atoms with Gasteiger partial charge in [-0.25, -0.2) is 0 Å². The summed E-state index contributed by atoms with van der Waals surface area (Å²) >= 11 is 0. The number of hydrogen-bond acceptors (Lipinski definition) is 1. The number of benzene rings is 1. The van der Waals surface area contributed by atoms with Gasteiger partial charge in [0.1, 0.15) is 0 Å². The zero-order chi connectivity index (χ0) is 11.8. The molecule has 1 aromatic carbocycles. The fourth-order valence-corrected chi connectivity index (χ4v) is 2.09. The normalized spacial score (nSPS) is 12.7. The minimum Gasteiger partial charge on any atom is -0.389 e. The van der Waals surface area contributed by atoms with E-state index in [1.165, 1.54) is 37.7 Å². The van der Waals surface area contributed by atoms with E-state index in [9.17, 15) is 5.11 Å². The summed E-state index contributed by atoms with van der Waals surface area (Å²) in [6.45, 7) is 4.08. The molecule has 90 valence electrons. The van der Waals surface area contributed by atoms with Crippen molar-refractivity contribution in [2.24, 2.45) is 0 Å². The number of rotatable bonds is 7. The Kier molecular flexibility index (Phi) is 6.17. The minimum atomic E-state index is -0.341. The molecule has 0 radical (unpaired) electrons. The van der Waals surface area contributed by atoms with Crippen LogP contribution in [0.3, 0.4) is 0 Å². The van der Waals surface area contributed by atoms with Crippen molar-refractivity contribution in [3.63, 3.8) is 0 Å². The molecule has 0 heterocycles. The average molecular weight is 220 g/mol. The number of hydrogen-bond donors (Lipinski definition) is 1. The molecule has 1 nitrogen and oxygen atoms in total. The summed E-state index contributed by atoms with van der Waals surface area (Å²) in [7, 11) is 0.